The fourth-order valence-corrected chi connectivity index (χ4v) is 2.02. The van der Waals surface area contributed by atoms with Crippen LogP contribution in [-0.4, -0.2) is 12.7 Å². The van der Waals surface area contributed by atoms with E-state index in [0.717, 1.165) is 18.5 Å². The summed E-state index contributed by atoms with van der Waals surface area (Å²) < 4.78 is 26.0. The Labute approximate surface area is 106 Å². The molecule has 18 heavy (non-hydrogen) atoms. The Morgan fingerprint density at radius 3 is 2.72 bits per heavy atom. The molecular formula is C13H19F2N3. The lowest BCUT2D eigenvalue weighted by atomic mass is 10.0. The smallest absolute Gasteiger partial charge is 0.159 e. The number of benzene rings is 1. The monoisotopic (exact) mass is 255 g/mol. The number of rotatable bonds is 4. The van der Waals surface area contributed by atoms with Gasteiger partial charge in [-0.1, -0.05) is 19.9 Å². The van der Waals surface area contributed by atoms with Crippen LogP contribution in [0.25, 0.3) is 0 Å². The topological polar surface area (TPSA) is 36.1 Å². The first-order valence-electron chi connectivity index (χ1n) is 6.25. The van der Waals surface area contributed by atoms with Gasteiger partial charge in [-0.15, -0.1) is 0 Å². The molecule has 0 aliphatic carbocycles. The average Bonchev–Trinajstić information content (AvgIpc) is 2.79. The van der Waals surface area contributed by atoms with Crippen LogP contribution in [0.15, 0.2) is 18.2 Å². The van der Waals surface area contributed by atoms with Crippen molar-refractivity contribution >= 4 is 0 Å². The minimum Gasteiger partial charge on any atom is -0.301 e. The molecule has 0 radical (unpaired) electrons. The average molecular weight is 255 g/mol. The Bertz CT molecular complexity index is 409. The minimum absolute atomic E-state index is 0.00441. The van der Waals surface area contributed by atoms with Gasteiger partial charge >= 0.3 is 0 Å². The predicted octanol–water partition coefficient (Wildman–Crippen LogP) is 2.08. The van der Waals surface area contributed by atoms with Gasteiger partial charge in [-0.2, -0.15) is 0 Å². The van der Waals surface area contributed by atoms with E-state index >= 15 is 0 Å². The fourth-order valence-electron chi connectivity index (χ4n) is 2.02. The van der Waals surface area contributed by atoms with Gasteiger partial charge < -0.3 is 5.32 Å². The summed E-state index contributed by atoms with van der Waals surface area (Å²) >= 11 is 0. The number of hydrazine groups is 1. The van der Waals surface area contributed by atoms with Crippen LogP contribution >= 0.6 is 0 Å². The summed E-state index contributed by atoms with van der Waals surface area (Å²) in [6.45, 7) is 5.20. The zero-order chi connectivity index (χ0) is 13.1. The highest BCUT2D eigenvalue weighted by molar-refractivity contribution is 5.22. The summed E-state index contributed by atoms with van der Waals surface area (Å²) in [4.78, 5) is 0. The van der Waals surface area contributed by atoms with Crippen LogP contribution in [0.5, 0.6) is 0 Å². The third kappa shape index (κ3) is 3.25. The predicted molar refractivity (Wildman–Crippen MR) is 66.6 cm³/mol. The molecule has 3 nitrogen and oxygen atoms in total. The minimum atomic E-state index is -0.806. The lowest BCUT2D eigenvalue weighted by Gasteiger charge is -2.13. The van der Waals surface area contributed by atoms with Crippen molar-refractivity contribution < 1.29 is 8.78 Å². The summed E-state index contributed by atoms with van der Waals surface area (Å²) in [7, 11) is 0. The van der Waals surface area contributed by atoms with E-state index in [1.165, 1.54) is 12.1 Å². The van der Waals surface area contributed by atoms with E-state index in [4.69, 9.17) is 0 Å². The summed E-state index contributed by atoms with van der Waals surface area (Å²) in [5.41, 5.74) is 6.97. The van der Waals surface area contributed by atoms with Gasteiger partial charge in [-0.25, -0.2) is 19.6 Å². The van der Waals surface area contributed by atoms with Crippen LogP contribution in [0.1, 0.15) is 31.9 Å². The highest BCUT2D eigenvalue weighted by Gasteiger charge is 2.25. The first kappa shape index (κ1) is 13.4. The van der Waals surface area contributed by atoms with Crippen LogP contribution < -0.4 is 16.2 Å². The lowest BCUT2D eigenvalue weighted by Crippen LogP contribution is -2.42. The number of hydrogen-bond donors (Lipinski definition) is 3. The van der Waals surface area contributed by atoms with Crippen molar-refractivity contribution in [1.82, 2.24) is 16.2 Å². The summed E-state index contributed by atoms with van der Waals surface area (Å²) in [5, 5.41) is 3.37. The van der Waals surface area contributed by atoms with E-state index in [2.05, 4.69) is 30.0 Å². The van der Waals surface area contributed by atoms with Gasteiger partial charge in [-0.05, 0) is 36.6 Å². The summed E-state index contributed by atoms with van der Waals surface area (Å²) in [6, 6.07) is 4.04. The van der Waals surface area contributed by atoms with Crippen LogP contribution in [-0.2, 0) is 0 Å². The zero-order valence-electron chi connectivity index (χ0n) is 10.6. The third-order valence-corrected chi connectivity index (χ3v) is 3.02. The van der Waals surface area contributed by atoms with Gasteiger partial charge in [0.05, 0.1) is 6.17 Å². The van der Waals surface area contributed by atoms with Crippen LogP contribution in [0.3, 0.4) is 0 Å². The first-order valence-corrected chi connectivity index (χ1v) is 6.25. The molecular weight excluding hydrogens is 236 g/mol. The van der Waals surface area contributed by atoms with Gasteiger partial charge in [0.15, 0.2) is 11.6 Å². The molecule has 2 unspecified atom stereocenters. The van der Waals surface area contributed by atoms with Gasteiger partial charge in [0.1, 0.15) is 0 Å². The Hall–Kier alpha value is -1.04. The molecule has 100 valence electrons. The molecule has 0 amide bonds. The number of hydrogen-bond acceptors (Lipinski definition) is 3. The molecule has 1 aliphatic rings. The van der Waals surface area contributed by atoms with Crippen molar-refractivity contribution in [1.29, 1.82) is 0 Å². The van der Waals surface area contributed by atoms with Gasteiger partial charge in [0.2, 0.25) is 0 Å². The molecule has 1 heterocycles. The lowest BCUT2D eigenvalue weighted by molar-refractivity contribution is 0.424. The van der Waals surface area contributed by atoms with Gasteiger partial charge in [0, 0.05) is 6.04 Å². The molecule has 1 aliphatic heterocycles. The SMILES string of the molecule is CC(C)CNC1CC(c2ccc(F)c(F)c2)NN1. The van der Waals surface area contributed by atoms with Crippen LogP contribution in [0.2, 0.25) is 0 Å². The van der Waals surface area contributed by atoms with E-state index < -0.39 is 11.6 Å². The van der Waals surface area contributed by atoms with Crippen molar-refractivity contribution in [2.75, 3.05) is 6.54 Å². The third-order valence-electron chi connectivity index (χ3n) is 3.02. The Morgan fingerprint density at radius 1 is 1.28 bits per heavy atom. The molecule has 1 aromatic rings. The number of halogens is 2. The molecule has 1 fully saturated rings. The molecule has 2 rings (SSSR count). The van der Waals surface area contributed by atoms with E-state index in [1.807, 2.05) is 0 Å². The molecule has 1 saturated heterocycles. The maximum absolute atomic E-state index is 13.1. The summed E-state index contributed by atoms with van der Waals surface area (Å²) in [5.74, 6) is -1.03. The van der Waals surface area contributed by atoms with Gasteiger partial charge in [-0.3, -0.25) is 0 Å². The Morgan fingerprint density at radius 2 is 2.06 bits per heavy atom. The Balaban J connectivity index is 1.93. The van der Waals surface area contributed by atoms with E-state index in [1.54, 1.807) is 6.07 Å². The maximum Gasteiger partial charge on any atom is 0.159 e. The quantitative estimate of drug-likeness (QED) is 0.771. The highest BCUT2D eigenvalue weighted by Crippen LogP contribution is 2.22. The summed E-state index contributed by atoms with van der Waals surface area (Å²) in [6.07, 6.45) is 0.961. The van der Waals surface area contributed by atoms with Crippen molar-refractivity contribution in [2.45, 2.75) is 32.5 Å². The van der Waals surface area contributed by atoms with E-state index in [-0.39, 0.29) is 12.2 Å². The Kier molecular flexibility index (Phi) is 4.27. The molecule has 5 heteroatoms. The van der Waals surface area contributed by atoms with Crippen molar-refractivity contribution in [3.8, 4) is 0 Å². The second-order valence-electron chi connectivity index (χ2n) is 5.11. The normalized spacial score (nSPS) is 23.8. The molecule has 2 atom stereocenters. The van der Waals surface area contributed by atoms with Crippen molar-refractivity contribution in [3.05, 3.63) is 35.4 Å². The molecule has 0 aromatic heterocycles. The second-order valence-corrected chi connectivity index (χ2v) is 5.11. The highest BCUT2D eigenvalue weighted by atomic mass is 19.2. The van der Waals surface area contributed by atoms with Gasteiger partial charge in [0.25, 0.3) is 0 Å². The fraction of sp³-hybridized carbons (Fsp3) is 0.538. The van der Waals surface area contributed by atoms with Crippen molar-refractivity contribution in [3.63, 3.8) is 0 Å². The molecule has 0 saturated carbocycles. The maximum atomic E-state index is 13.1. The second kappa shape index (κ2) is 5.73. The van der Waals surface area contributed by atoms with E-state index in [9.17, 15) is 8.78 Å². The first-order chi connectivity index (χ1) is 8.56. The largest absolute Gasteiger partial charge is 0.301 e. The molecule has 0 spiro atoms. The zero-order valence-corrected chi connectivity index (χ0v) is 10.6. The number of nitrogens with one attached hydrogen (secondary N) is 3. The van der Waals surface area contributed by atoms with Crippen molar-refractivity contribution in [2.24, 2.45) is 5.92 Å². The van der Waals surface area contributed by atoms with Crippen LogP contribution in [0, 0.1) is 17.6 Å². The molecule has 1 aromatic carbocycles. The van der Waals surface area contributed by atoms with Crippen LogP contribution in [0.4, 0.5) is 8.78 Å². The molecule has 0 bridgehead atoms. The standard InChI is InChI=1S/C13H19F2N3/c1-8(2)7-16-13-6-12(17-18-13)9-3-4-10(14)11(15)5-9/h3-5,8,12-13,16-18H,6-7H2,1-2H3. The van der Waals surface area contributed by atoms with E-state index in [0.29, 0.717) is 5.92 Å². The molecule has 3 N–H and O–H groups in total.